The van der Waals surface area contributed by atoms with Gasteiger partial charge in [0.15, 0.2) is 0 Å². The average molecular weight is 247 g/mol. The molecule has 0 saturated heterocycles. The van der Waals surface area contributed by atoms with Gasteiger partial charge < -0.3 is 5.32 Å². The first-order valence-corrected chi connectivity index (χ1v) is 4.75. The fourth-order valence-electron chi connectivity index (χ4n) is 1.04. The zero-order chi connectivity index (χ0) is 8.55. The number of anilines is 1. The molecule has 0 unspecified atom stereocenters. The molecule has 2 rings (SSSR count). The summed E-state index contributed by atoms with van der Waals surface area (Å²) >= 11 is 8.33. The number of aromatic nitrogens is 2. The fraction of sp³-hybridized carbons (Fsp3) is 0.333. The number of nitrogens with zero attached hydrogens (tertiary/aromatic N) is 2. The van der Waals surface area contributed by atoms with Crippen molar-refractivity contribution in [1.82, 2.24) is 9.89 Å². The zero-order valence-electron chi connectivity index (χ0n) is 6.17. The molecule has 1 aliphatic rings. The standard InChI is InChI=1S/C6H7BrN4S/c7-4-3-5-8-2-1-6(12)10-11(5)9-4/h3,8H,1-2H2,(H,10,12). The first kappa shape index (κ1) is 8.00. The molecule has 0 aliphatic carbocycles. The minimum atomic E-state index is 0.794. The number of halogens is 1. The van der Waals surface area contributed by atoms with Gasteiger partial charge in [0.25, 0.3) is 0 Å². The maximum Gasteiger partial charge on any atom is 0.149 e. The normalized spacial score (nSPS) is 15.9. The van der Waals surface area contributed by atoms with Gasteiger partial charge in [-0.1, -0.05) is 12.2 Å². The van der Waals surface area contributed by atoms with Crippen molar-refractivity contribution >= 4 is 39.0 Å². The molecule has 0 spiro atoms. The molecule has 12 heavy (non-hydrogen) atoms. The number of hydrogen-bond acceptors (Lipinski definition) is 3. The third-order valence-electron chi connectivity index (χ3n) is 1.57. The summed E-state index contributed by atoms with van der Waals surface area (Å²) in [5.74, 6) is 0.932. The summed E-state index contributed by atoms with van der Waals surface area (Å²) < 4.78 is 0.794. The van der Waals surface area contributed by atoms with Crippen LogP contribution in [0.3, 0.4) is 0 Å². The molecule has 0 aromatic carbocycles. The first-order valence-electron chi connectivity index (χ1n) is 3.55. The van der Waals surface area contributed by atoms with Crippen molar-refractivity contribution < 1.29 is 0 Å². The topological polar surface area (TPSA) is 41.9 Å². The van der Waals surface area contributed by atoms with E-state index in [4.69, 9.17) is 12.2 Å². The highest BCUT2D eigenvalue weighted by molar-refractivity contribution is 9.10. The van der Waals surface area contributed by atoms with Crippen LogP contribution in [-0.4, -0.2) is 21.4 Å². The summed E-state index contributed by atoms with van der Waals surface area (Å²) in [7, 11) is 0. The van der Waals surface area contributed by atoms with Gasteiger partial charge in [-0.05, 0) is 15.9 Å². The molecule has 1 aliphatic heterocycles. The third kappa shape index (κ3) is 1.44. The molecule has 2 N–H and O–H groups in total. The molecule has 1 aromatic heterocycles. The van der Waals surface area contributed by atoms with E-state index >= 15 is 0 Å². The van der Waals surface area contributed by atoms with Gasteiger partial charge in [0.05, 0.1) is 4.99 Å². The molecular formula is C6H7BrN4S. The van der Waals surface area contributed by atoms with Crippen LogP contribution in [0, 0.1) is 0 Å². The lowest BCUT2D eigenvalue weighted by Gasteiger charge is -2.03. The quantitative estimate of drug-likeness (QED) is 0.679. The predicted octanol–water partition coefficient (Wildman–Crippen LogP) is 1.33. The van der Waals surface area contributed by atoms with Gasteiger partial charge in [0.2, 0.25) is 0 Å². The summed E-state index contributed by atoms with van der Waals surface area (Å²) in [6.07, 6.45) is 0.844. The highest BCUT2D eigenvalue weighted by Crippen LogP contribution is 2.15. The van der Waals surface area contributed by atoms with Gasteiger partial charge >= 0.3 is 0 Å². The molecule has 6 heteroatoms. The summed E-state index contributed by atoms with van der Waals surface area (Å²) in [6.45, 7) is 0.851. The molecule has 0 radical (unpaired) electrons. The Balaban J connectivity index is 2.36. The van der Waals surface area contributed by atoms with Gasteiger partial charge in [-0.25, -0.2) is 0 Å². The van der Waals surface area contributed by atoms with Crippen molar-refractivity contribution in [2.24, 2.45) is 0 Å². The number of thiocarbonyl (C=S) groups is 1. The lowest BCUT2D eigenvalue weighted by atomic mass is 10.4. The minimum absolute atomic E-state index is 0.794. The Kier molecular flexibility index (Phi) is 2.02. The molecule has 2 heterocycles. The van der Waals surface area contributed by atoms with Gasteiger partial charge in [0.1, 0.15) is 10.4 Å². The minimum Gasteiger partial charge on any atom is -0.368 e. The molecule has 1 aromatic rings. The number of rotatable bonds is 0. The van der Waals surface area contributed by atoms with Crippen molar-refractivity contribution in [2.75, 3.05) is 17.3 Å². The lowest BCUT2D eigenvalue weighted by molar-refractivity contribution is 0.819. The number of fused-ring (bicyclic) bond motifs is 1. The number of hydrogen-bond donors (Lipinski definition) is 2. The van der Waals surface area contributed by atoms with Crippen LogP contribution in [-0.2, 0) is 0 Å². The van der Waals surface area contributed by atoms with Crippen molar-refractivity contribution in [3.05, 3.63) is 10.7 Å². The van der Waals surface area contributed by atoms with E-state index in [1.54, 1.807) is 4.79 Å². The molecule has 64 valence electrons. The van der Waals surface area contributed by atoms with Gasteiger partial charge in [-0.15, -0.1) is 5.10 Å². The van der Waals surface area contributed by atoms with E-state index < -0.39 is 0 Å². The van der Waals surface area contributed by atoms with Crippen molar-refractivity contribution in [2.45, 2.75) is 6.42 Å². The van der Waals surface area contributed by atoms with Crippen molar-refractivity contribution in [1.29, 1.82) is 0 Å². The fourth-order valence-corrected chi connectivity index (χ4v) is 1.61. The predicted molar refractivity (Wildman–Crippen MR) is 55.0 cm³/mol. The lowest BCUT2D eigenvalue weighted by Crippen LogP contribution is -2.20. The van der Waals surface area contributed by atoms with Gasteiger partial charge in [-0.2, -0.15) is 4.79 Å². The summed E-state index contributed by atoms with van der Waals surface area (Å²) in [6, 6.07) is 1.90. The highest BCUT2D eigenvalue weighted by atomic mass is 79.9. The van der Waals surface area contributed by atoms with E-state index in [0.717, 1.165) is 28.4 Å². The Morgan fingerprint density at radius 1 is 1.67 bits per heavy atom. The third-order valence-corrected chi connectivity index (χ3v) is 2.25. The highest BCUT2D eigenvalue weighted by Gasteiger charge is 2.10. The van der Waals surface area contributed by atoms with Crippen LogP contribution in [0.25, 0.3) is 0 Å². The summed E-state index contributed by atoms with van der Waals surface area (Å²) in [4.78, 5) is 2.44. The smallest absolute Gasteiger partial charge is 0.149 e. The van der Waals surface area contributed by atoms with Crippen molar-refractivity contribution in [3.63, 3.8) is 0 Å². The molecule has 4 nitrogen and oxygen atoms in total. The Morgan fingerprint density at radius 2 is 2.50 bits per heavy atom. The van der Waals surface area contributed by atoms with Gasteiger partial charge in [-0.3, -0.25) is 5.43 Å². The van der Waals surface area contributed by atoms with Gasteiger partial charge in [0, 0.05) is 19.0 Å². The van der Waals surface area contributed by atoms with Crippen LogP contribution >= 0.6 is 28.1 Å². The second kappa shape index (κ2) is 3.02. The van der Waals surface area contributed by atoms with E-state index in [0.29, 0.717) is 0 Å². The number of nitrogens with one attached hydrogen (secondary N) is 2. The zero-order valence-corrected chi connectivity index (χ0v) is 8.57. The Labute approximate surface area is 83.4 Å². The largest absolute Gasteiger partial charge is 0.368 e. The molecule has 0 fully saturated rings. The van der Waals surface area contributed by atoms with Crippen LogP contribution in [0.5, 0.6) is 0 Å². The first-order chi connectivity index (χ1) is 5.75. The summed E-state index contributed by atoms with van der Waals surface area (Å²) in [5, 5.41) is 7.33. The maximum atomic E-state index is 5.05. The Morgan fingerprint density at radius 3 is 3.33 bits per heavy atom. The van der Waals surface area contributed by atoms with Crippen LogP contribution in [0.1, 0.15) is 6.42 Å². The van der Waals surface area contributed by atoms with Crippen LogP contribution in [0.15, 0.2) is 10.7 Å². The van der Waals surface area contributed by atoms with E-state index in [2.05, 4.69) is 31.8 Å². The molecule has 0 amide bonds. The maximum absolute atomic E-state index is 5.05. The molecule has 0 saturated carbocycles. The van der Waals surface area contributed by atoms with Crippen molar-refractivity contribution in [3.8, 4) is 0 Å². The van der Waals surface area contributed by atoms with E-state index in [1.165, 1.54) is 0 Å². The van der Waals surface area contributed by atoms with Crippen LogP contribution < -0.4 is 10.7 Å². The SMILES string of the molecule is S=C1CCNc2cc(Br)nn2N1. The Hall–Kier alpha value is -0.620. The van der Waals surface area contributed by atoms with Crippen LogP contribution in [0.2, 0.25) is 0 Å². The Bertz CT molecular complexity index is 321. The molecule has 0 atom stereocenters. The molecule has 0 bridgehead atoms. The van der Waals surface area contributed by atoms with E-state index in [-0.39, 0.29) is 0 Å². The monoisotopic (exact) mass is 246 g/mol. The second-order valence-electron chi connectivity index (χ2n) is 2.48. The van der Waals surface area contributed by atoms with E-state index in [1.807, 2.05) is 6.07 Å². The summed E-state index contributed by atoms with van der Waals surface area (Å²) in [5.41, 5.74) is 2.99. The average Bonchev–Trinajstić information content (AvgIpc) is 2.23. The molecular weight excluding hydrogens is 240 g/mol. The van der Waals surface area contributed by atoms with Crippen LogP contribution in [0.4, 0.5) is 5.82 Å². The second-order valence-corrected chi connectivity index (χ2v) is 3.78. The van der Waals surface area contributed by atoms with E-state index in [9.17, 15) is 0 Å².